The number of amides is 2. The average Bonchev–Trinajstić information content (AvgIpc) is 2.40. The summed E-state index contributed by atoms with van der Waals surface area (Å²) in [5, 5.41) is 0. The number of nitrogens with two attached hydrogens (primary N) is 1. The zero-order valence-electron chi connectivity index (χ0n) is 9.24. The molecule has 15 heavy (non-hydrogen) atoms. The van der Waals surface area contributed by atoms with Gasteiger partial charge in [-0.2, -0.15) is 0 Å². The van der Waals surface area contributed by atoms with E-state index in [0.29, 0.717) is 6.42 Å². The van der Waals surface area contributed by atoms with Gasteiger partial charge in [0.05, 0.1) is 10.5 Å². The number of rotatable bonds is 3. The molecule has 0 saturated carbocycles. The van der Waals surface area contributed by atoms with Crippen LogP contribution in [0, 0.1) is 5.92 Å². The van der Waals surface area contributed by atoms with Crippen molar-refractivity contribution in [2.75, 3.05) is 0 Å². The number of hydrogen-bond acceptors (Lipinski definition) is 3. The molecule has 84 valence electrons. The maximum absolute atomic E-state index is 11.8. The van der Waals surface area contributed by atoms with Crippen molar-refractivity contribution in [2.45, 2.75) is 39.2 Å². The third kappa shape index (κ3) is 1.76. The Kier molecular flexibility index (Phi) is 3.13. The van der Waals surface area contributed by atoms with Crippen LogP contribution in [0.15, 0.2) is 0 Å². The molecular formula is C10H16N2O2S. The second kappa shape index (κ2) is 3.89. The highest BCUT2D eigenvalue weighted by molar-refractivity contribution is 7.80. The first kappa shape index (κ1) is 12.1. The number of hydrogen-bond donors (Lipinski definition) is 1. The molecule has 0 aromatic carbocycles. The fraction of sp³-hybridized carbons (Fsp3) is 0.700. The number of likely N-dealkylation sites (tertiary alicyclic amines) is 1. The SMILES string of the molecule is CCC(C)(C(N)=S)N1C(=O)CC(C)C1=O. The monoisotopic (exact) mass is 228 g/mol. The van der Waals surface area contributed by atoms with Crippen LogP contribution in [0.1, 0.15) is 33.6 Å². The molecule has 0 aromatic rings. The van der Waals surface area contributed by atoms with Gasteiger partial charge in [0, 0.05) is 12.3 Å². The molecule has 0 bridgehead atoms. The van der Waals surface area contributed by atoms with Crippen molar-refractivity contribution in [3.8, 4) is 0 Å². The summed E-state index contributed by atoms with van der Waals surface area (Å²) in [6.45, 7) is 5.35. The van der Waals surface area contributed by atoms with E-state index >= 15 is 0 Å². The molecule has 0 spiro atoms. The standard InChI is InChI=1S/C10H16N2O2S/c1-4-10(3,9(11)15)12-7(13)5-6(2)8(12)14/h6H,4-5H2,1-3H3,(H2,11,15). The van der Waals surface area contributed by atoms with Crippen LogP contribution < -0.4 is 5.73 Å². The van der Waals surface area contributed by atoms with E-state index in [-0.39, 0.29) is 29.1 Å². The lowest BCUT2D eigenvalue weighted by Gasteiger charge is -2.35. The number of carbonyl (C=O) groups excluding carboxylic acids is 2. The maximum Gasteiger partial charge on any atom is 0.233 e. The Morgan fingerprint density at radius 1 is 1.67 bits per heavy atom. The van der Waals surface area contributed by atoms with Gasteiger partial charge in [-0.1, -0.05) is 26.1 Å². The molecule has 1 rings (SSSR count). The Bertz CT molecular complexity index is 329. The third-order valence-corrected chi connectivity index (χ3v) is 3.52. The molecule has 0 aliphatic carbocycles. The molecule has 5 heteroatoms. The van der Waals surface area contributed by atoms with Gasteiger partial charge in [-0.15, -0.1) is 0 Å². The van der Waals surface area contributed by atoms with E-state index in [4.69, 9.17) is 18.0 Å². The van der Waals surface area contributed by atoms with E-state index in [1.807, 2.05) is 6.92 Å². The highest BCUT2D eigenvalue weighted by atomic mass is 32.1. The van der Waals surface area contributed by atoms with Gasteiger partial charge >= 0.3 is 0 Å². The van der Waals surface area contributed by atoms with Gasteiger partial charge in [-0.25, -0.2) is 0 Å². The minimum Gasteiger partial charge on any atom is -0.391 e. The normalized spacial score (nSPS) is 25.5. The lowest BCUT2D eigenvalue weighted by molar-refractivity contribution is -0.143. The van der Waals surface area contributed by atoms with E-state index in [1.165, 1.54) is 4.90 Å². The van der Waals surface area contributed by atoms with Gasteiger partial charge in [-0.3, -0.25) is 14.5 Å². The van der Waals surface area contributed by atoms with Crippen molar-refractivity contribution in [1.82, 2.24) is 4.90 Å². The summed E-state index contributed by atoms with van der Waals surface area (Å²) in [4.78, 5) is 24.9. The van der Waals surface area contributed by atoms with E-state index in [1.54, 1.807) is 13.8 Å². The molecule has 1 heterocycles. The fourth-order valence-corrected chi connectivity index (χ4v) is 1.98. The van der Waals surface area contributed by atoms with Crippen LogP contribution >= 0.6 is 12.2 Å². The summed E-state index contributed by atoms with van der Waals surface area (Å²) in [6.07, 6.45) is 0.809. The predicted octanol–water partition coefficient (Wildman–Crippen LogP) is 0.836. The topological polar surface area (TPSA) is 63.4 Å². The van der Waals surface area contributed by atoms with Crippen LogP contribution in [0.5, 0.6) is 0 Å². The van der Waals surface area contributed by atoms with Gasteiger partial charge in [0.15, 0.2) is 0 Å². The Morgan fingerprint density at radius 3 is 2.47 bits per heavy atom. The minimum absolute atomic E-state index is 0.169. The number of thiocarbonyl (C=S) groups is 1. The smallest absolute Gasteiger partial charge is 0.233 e. The molecule has 0 aromatic heterocycles. The summed E-state index contributed by atoms with van der Waals surface area (Å²) in [5.41, 5.74) is 4.81. The lowest BCUT2D eigenvalue weighted by atomic mass is 9.96. The van der Waals surface area contributed by atoms with Crippen molar-refractivity contribution >= 4 is 29.0 Å². The Morgan fingerprint density at radius 2 is 2.20 bits per heavy atom. The Labute approximate surface area is 94.8 Å². The maximum atomic E-state index is 11.8. The van der Waals surface area contributed by atoms with Gasteiger partial charge in [0.1, 0.15) is 0 Å². The van der Waals surface area contributed by atoms with Gasteiger partial charge in [0.25, 0.3) is 0 Å². The number of carbonyl (C=O) groups is 2. The molecule has 2 atom stereocenters. The summed E-state index contributed by atoms with van der Waals surface area (Å²) in [5.74, 6) is -0.598. The Hall–Kier alpha value is -0.970. The molecular weight excluding hydrogens is 212 g/mol. The first-order valence-corrected chi connectivity index (χ1v) is 5.42. The lowest BCUT2D eigenvalue weighted by Crippen LogP contribution is -2.56. The molecule has 2 N–H and O–H groups in total. The van der Waals surface area contributed by atoms with Crippen LogP contribution in [0.3, 0.4) is 0 Å². The quantitative estimate of drug-likeness (QED) is 0.574. The summed E-state index contributed by atoms with van der Waals surface area (Å²) < 4.78 is 0. The Balaban J connectivity index is 3.10. The molecule has 1 fully saturated rings. The van der Waals surface area contributed by atoms with Gasteiger partial charge in [0.2, 0.25) is 11.8 Å². The number of nitrogens with zero attached hydrogens (tertiary/aromatic N) is 1. The summed E-state index contributed by atoms with van der Waals surface area (Å²) >= 11 is 4.94. The van der Waals surface area contributed by atoms with Crippen molar-refractivity contribution in [1.29, 1.82) is 0 Å². The van der Waals surface area contributed by atoms with E-state index in [9.17, 15) is 9.59 Å². The molecule has 1 aliphatic heterocycles. The van der Waals surface area contributed by atoms with Gasteiger partial charge < -0.3 is 5.73 Å². The van der Waals surface area contributed by atoms with E-state index in [2.05, 4.69) is 0 Å². The van der Waals surface area contributed by atoms with Crippen LogP contribution in [0.2, 0.25) is 0 Å². The molecule has 1 aliphatic rings. The molecule has 4 nitrogen and oxygen atoms in total. The van der Waals surface area contributed by atoms with Crippen molar-refractivity contribution in [3.63, 3.8) is 0 Å². The van der Waals surface area contributed by atoms with Crippen molar-refractivity contribution in [3.05, 3.63) is 0 Å². The van der Waals surface area contributed by atoms with E-state index in [0.717, 1.165) is 0 Å². The fourth-order valence-electron chi connectivity index (χ4n) is 1.74. The zero-order valence-corrected chi connectivity index (χ0v) is 10.1. The average molecular weight is 228 g/mol. The molecule has 0 radical (unpaired) electrons. The molecule has 2 amide bonds. The molecule has 1 saturated heterocycles. The highest BCUT2D eigenvalue weighted by Crippen LogP contribution is 2.29. The van der Waals surface area contributed by atoms with Crippen molar-refractivity contribution in [2.24, 2.45) is 11.7 Å². The van der Waals surface area contributed by atoms with Crippen LogP contribution in [0.25, 0.3) is 0 Å². The number of imide groups is 1. The van der Waals surface area contributed by atoms with Gasteiger partial charge in [-0.05, 0) is 13.3 Å². The summed E-state index contributed by atoms with van der Waals surface area (Å²) in [6, 6.07) is 0. The third-order valence-electron chi connectivity index (χ3n) is 3.08. The van der Waals surface area contributed by atoms with Crippen molar-refractivity contribution < 1.29 is 9.59 Å². The minimum atomic E-state index is -0.811. The first-order valence-electron chi connectivity index (χ1n) is 5.01. The second-order valence-electron chi connectivity index (χ2n) is 4.16. The predicted molar refractivity (Wildman–Crippen MR) is 61.1 cm³/mol. The zero-order chi connectivity index (χ0) is 11.8. The second-order valence-corrected chi connectivity index (χ2v) is 4.60. The van der Waals surface area contributed by atoms with Crippen LogP contribution in [-0.2, 0) is 9.59 Å². The van der Waals surface area contributed by atoms with Crippen LogP contribution in [0.4, 0.5) is 0 Å². The van der Waals surface area contributed by atoms with E-state index < -0.39 is 5.54 Å². The highest BCUT2D eigenvalue weighted by Gasteiger charge is 2.47. The summed E-state index contributed by atoms with van der Waals surface area (Å²) in [7, 11) is 0. The largest absolute Gasteiger partial charge is 0.391 e. The molecule has 2 unspecified atom stereocenters. The van der Waals surface area contributed by atoms with Crippen LogP contribution in [-0.4, -0.2) is 27.2 Å². The first-order chi connectivity index (χ1) is 6.84.